The lowest BCUT2D eigenvalue weighted by Gasteiger charge is -2.30. The number of rotatable bonds is 7. The van der Waals surface area contributed by atoms with E-state index in [1.54, 1.807) is 0 Å². The average Bonchev–Trinajstić information content (AvgIpc) is 2.14. The van der Waals surface area contributed by atoms with Gasteiger partial charge in [-0.15, -0.1) is 0 Å². The van der Waals surface area contributed by atoms with Gasteiger partial charge in [0.05, 0.1) is 7.11 Å². The molecule has 0 amide bonds. The average molecular weight is 230 g/mol. The first-order valence-corrected chi connectivity index (χ1v) is 5.82. The first kappa shape index (κ1) is 15.4. The predicted octanol–water partition coefficient (Wildman–Crippen LogP) is 1.26. The molecule has 0 aromatic heterocycles. The standard InChI is InChI=1S/C12H26N2O2/c1-10(2)13-12(3,11(15)16-6)8-7-9-14(4)5/h10,13H,7-9H2,1-6H3. The third kappa shape index (κ3) is 5.47. The number of hydrogen-bond donors (Lipinski definition) is 1. The van der Waals surface area contributed by atoms with Gasteiger partial charge >= 0.3 is 5.97 Å². The van der Waals surface area contributed by atoms with Crippen molar-refractivity contribution in [2.24, 2.45) is 0 Å². The molecule has 0 radical (unpaired) electrons. The molecule has 0 aromatic rings. The van der Waals surface area contributed by atoms with Crippen molar-refractivity contribution < 1.29 is 9.53 Å². The van der Waals surface area contributed by atoms with Crippen molar-refractivity contribution in [1.29, 1.82) is 0 Å². The lowest BCUT2D eigenvalue weighted by atomic mass is 9.94. The number of carbonyl (C=O) groups is 1. The summed E-state index contributed by atoms with van der Waals surface area (Å²) in [6.07, 6.45) is 1.76. The minimum atomic E-state index is -0.571. The highest BCUT2D eigenvalue weighted by Crippen LogP contribution is 2.15. The highest BCUT2D eigenvalue weighted by molar-refractivity contribution is 5.80. The van der Waals surface area contributed by atoms with Crippen LogP contribution >= 0.6 is 0 Å². The number of nitrogens with one attached hydrogen (secondary N) is 1. The second-order valence-corrected chi connectivity index (χ2v) is 5.03. The molecule has 0 saturated carbocycles. The summed E-state index contributed by atoms with van der Waals surface area (Å²) in [5.41, 5.74) is -0.571. The van der Waals surface area contributed by atoms with E-state index >= 15 is 0 Å². The van der Waals surface area contributed by atoms with Crippen molar-refractivity contribution in [3.63, 3.8) is 0 Å². The number of hydrogen-bond acceptors (Lipinski definition) is 4. The molecule has 1 unspecified atom stereocenters. The maximum atomic E-state index is 11.7. The van der Waals surface area contributed by atoms with Crippen LogP contribution in [0.15, 0.2) is 0 Å². The molecule has 0 aliphatic carbocycles. The molecule has 96 valence electrons. The molecule has 0 bridgehead atoms. The molecule has 0 aromatic carbocycles. The van der Waals surface area contributed by atoms with Crippen LogP contribution in [0.3, 0.4) is 0 Å². The van der Waals surface area contributed by atoms with E-state index in [9.17, 15) is 4.79 Å². The van der Waals surface area contributed by atoms with Crippen molar-refractivity contribution >= 4 is 5.97 Å². The number of ether oxygens (including phenoxy) is 1. The molecule has 0 fully saturated rings. The number of methoxy groups -OCH3 is 1. The van der Waals surface area contributed by atoms with Gasteiger partial charge in [-0.25, -0.2) is 0 Å². The van der Waals surface area contributed by atoms with Crippen LogP contribution < -0.4 is 5.32 Å². The smallest absolute Gasteiger partial charge is 0.325 e. The summed E-state index contributed by atoms with van der Waals surface area (Å²) < 4.78 is 4.86. The summed E-state index contributed by atoms with van der Waals surface area (Å²) in [7, 11) is 5.51. The van der Waals surface area contributed by atoms with Crippen LogP contribution in [0.4, 0.5) is 0 Å². The molecule has 1 atom stereocenters. The van der Waals surface area contributed by atoms with E-state index in [2.05, 4.69) is 10.2 Å². The van der Waals surface area contributed by atoms with Gasteiger partial charge in [-0.3, -0.25) is 10.1 Å². The van der Waals surface area contributed by atoms with E-state index in [0.29, 0.717) is 0 Å². The Bertz CT molecular complexity index is 217. The SMILES string of the molecule is COC(=O)C(C)(CCCN(C)C)NC(C)C. The first-order valence-electron chi connectivity index (χ1n) is 5.82. The second kappa shape index (κ2) is 6.86. The van der Waals surface area contributed by atoms with E-state index < -0.39 is 5.54 Å². The van der Waals surface area contributed by atoms with Crippen molar-refractivity contribution in [3.05, 3.63) is 0 Å². The first-order chi connectivity index (χ1) is 7.31. The molecule has 0 spiro atoms. The molecule has 0 aliphatic heterocycles. The molecular weight excluding hydrogens is 204 g/mol. The number of carbonyl (C=O) groups excluding carboxylic acids is 1. The summed E-state index contributed by atoms with van der Waals surface area (Å²) in [4.78, 5) is 13.9. The minimum absolute atomic E-state index is 0.181. The Balaban J connectivity index is 4.36. The van der Waals surface area contributed by atoms with Crippen LogP contribution in [0.1, 0.15) is 33.6 Å². The van der Waals surface area contributed by atoms with Gasteiger partial charge in [-0.05, 0) is 54.3 Å². The summed E-state index contributed by atoms with van der Waals surface area (Å²) in [5.74, 6) is -0.181. The van der Waals surface area contributed by atoms with Gasteiger partial charge in [0.2, 0.25) is 0 Å². The zero-order valence-corrected chi connectivity index (χ0v) is 11.5. The van der Waals surface area contributed by atoms with Crippen molar-refractivity contribution in [1.82, 2.24) is 10.2 Å². The van der Waals surface area contributed by atoms with E-state index in [1.165, 1.54) is 7.11 Å². The van der Waals surface area contributed by atoms with E-state index in [-0.39, 0.29) is 12.0 Å². The second-order valence-electron chi connectivity index (χ2n) is 5.03. The zero-order valence-electron chi connectivity index (χ0n) is 11.5. The molecule has 4 nitrogen and oxygen atoms in total. The van der Waals surface area contributed by atoms with Crippen LogP contribution in [-0.4, -0.2) is 50.2 Å². The van der Waals surface area contributed by atoms with Crippen LogP contribution in [0.25, 0.3) is 0 Å². The van der Waals surface area contributed by atoms with Gasteiger partial charge in [0.15, 0.2) is 0 Å². The maximum absolute atomic E-state index is 11.7. The summed E-state index contributed by atoms with van der Waals surface area (Å²) in [6.45, 7) is 6.96. The lowest BCUT2D eigenvalue weighted by Crippen LogP contribution is -2.53. The predicted molar refractivity (Wildman–Crippen MR) is 66.5 cm³/mol. The topological polar surface area (TPSA) is 41.6 Å². The fraction of sp³-hybridized carbons (Fsp3) is 0.917. The van der Waals surface area contributed by atoms with E-state index in [1.807, 2.05) is 34.9 Å². The van der Waals surface area contributed by atoms with Crippen LogP contribution in [0, 0.1) is 0 Å². The molecule has 16 heavy (non-hydrogen) atoms. The Labute approximate surface area is 99.3 Å². The monoisotopic (exact) mass is 230 g/mol. The maximum Gasteiger partial charge on any atom is 0.325 e. The minimum Gasteiger partial charge on any atom is -0.468 e. The number of nitrogens with zero attached hydrogens (tertiary/aromatic N) is 1. The van der Waals surface area contributed by atoms with Crippen molar-refractivity contribution in [2.75, 3.05) is 27.7 Å². The summed E-state index contributed by atoms with van der Waals surface area (Å²) >= 11 is 0. The van der Waals surface area contributed by atoms with Gasteiger partial charge in [0.1, 0.15) is 5.54 Å². The fourth-order valence-electron chi connectivity index (χ4n) is 1.84. The van der Waals surface area contributed by atoms with Gasteiger partial charge in [0, 0.05) is 6.04 Å². The van der Waals surface area contributed by atoms with Gasteiger partial charge in [0.25, 0.3) is 0 Å². The van der Waals surface area contributed by atoms with Gasteiger partial charge in [-0.1, -0.05) is 0 Å². The molecule has 4 heteroatoms. The molecule has 1 N–H and O–H groups in total. The Morgan fingerprint density at radius 3 is 2.38 bits per heavy atom. The fourth-order valence-corrected chi connectivity index (χ4v) is 1.84. The molecule has 0 aliphatic rings. The van der Waals surface area contributed by atoms with E-state index in [0.717, 1.165) is 19.4 Å². The largest absolute Gasteiger partial charge is 0.468 e. The Kier molecular flexibility index (Phi) is 6.60. The highest BCUT2D eigenvalue weighted by atomic mass is 16.5. The summed E-state index contributed by atoms with van der Waals surface area (Å²) in [5, 5.41) is 3.29. The quantitative estimate of drug-likeness (QED) is 0.669. The van der Waals surface area contributed by atoms with Gasteiger partial charge in [-0.2, -0.15) is 0 Å². The molecule has 0 saturated heterocycles. The highest BCUT2D eigenvalue weighted by Gasteiger charge is 2.33. The zero-order chi connectivity index (χ0) is 12.8. The van der Waals surface area contributed by atoms with E-state index in [4.69, 9.17) is 4.74 Å². The van der Waals surface area contributed by atoms with Gasteiger partial charge < -0.3 is 9.64 Å². The molecule has 0 rings (SSSR count). The third-order valence-electron chi connectivity index (χ3n) is 2.53. The Hall–Kier alpha value is -0.610. The van der Waals surface area contributed by atoms with Crippen molar-refractivity contribution in [3.8, 4) is 0 Å². The third-order valence-corrected chi connectivity index (χ3v) is 2.53. The molecule has 0 heterocycles. The normalized spacial score (nSPS) is 15.2. The van der Waals surface area contributed by atoms with Crippen LogP contribution in [0.5, 0.6) is 0 Å². The van der Waals surface area contributed by atoms with Crippen molar-refractivity contribution in [2.45, 2.75) is 45.2 Å². The Morgan fingerprint density at radius 1 is 1.44 bits per heavy atom. The number of esters is 1. The van der Waals surface area contributed by atoms with Crippen LogP contribution in [0.2, 0.25) is 0 Å². The molecular formula is C12H26N2O2. The summed E-state index contributed by atoms with van der Waals surface area (Å²) in [6, 6.07) is 0.267. The van der Waals surface area contributed by atoms with Crippen LogP contribution in [-0.2, 0) is 9.53 Å². The Morgan fingerprint density at radius 2 is 2.00 bits per heavy atom. The lowest BCUT2D eigenvalue weighted by molar-refractivity contribution is -0.148.